The number of allylic oxidation sites excluding steroid dienone is 1. The van der Waals surface area contributed by atoms with Crippen LogP contribution in [-0.4, -0.2) is 0 Å². The summed E-state index contributed by atoms with van der Waals surface area (Å²) in [6.45, 7) is 12.2. The Morgan fingerprint density at radius 1 is 1.29 bits per heavy atom. The van der Waals surface area contributed by atoms with Crippen LogP contribution in [0.3, 0.4) is 0 Å². The zero-order chi connectivity index (χ0) is 10.7. The van der Waals surface area contributed by atoms with Gasteiger partial charge in [-0.05, 0) is 25.5 Å². The number of hydrogen-bond acceptors (Lipinski definition) is 1. The van der Waals surface area contributed by atoms with E-state index in [2.05, 4.69) is 46.4 Å². The van der Waals surface area contributed by atoms with Crippen molar-refractivity contribution < 1.29 is 4.74 Å². The van der Waals surface area contributed by atoms with Gasteiger partial charge in [0.05, 0.1) is 5.76 Å². The van der Waals surface area contributed by atoms with Gasteiger partial charge in [-0.1, -0.05) is 38.1 Å². The first kappa shape index (κ1) is 10.8. The van der Waals surface area contributed by atoms with Gasteiger partial charge in [0.1, 0.15) is 5.75 Å². The first-order valence-corrected chi connectivity index (χ1v) is 4.94. The van der Waals surface area contributed by atoms with Crippen LogP contribution in [0.25, 0.3) is 0 Å². The highest BCUT2D eigenvalue weighted by atomic mass is 16.5. The number of benzene rings is 1. The van der Waals surface area contributed by atoms with Crippen molar-refractivity contribution in [1.29, 1.82) is 0 Å². The predicted octanol–water partition coefficient (Wildman–Crippen LogP) is 3.85. The third-order valence-corrected chi connectivity index (χ3v) is 2.22. The molecule has 0 aliphatic rings. The summed E-state index contributed by atoms with van der Waals surface area (Å²) in [4.78, 5) is 0. The van der Waals surface area contributed by atoms with Crippen molar-refractivity contribution >= 4 is 0 Å². The van der Waals surface area contributed by atoms with Gasteiger partial charge in [0.25, 0.3) is 0 Å². The van der Waals surface area contributed by atoms with Crippen LogP contribution in [0.2, 0.25) is 0 Å². The van der Waals surface area contributed by atoms with Crippen LogP contribution in [0.1, 0.15) is 25.0 Å². The van der Waals surface area contributed by atoms with E-state index in [1.54, 1.807) is 0 Å². The second kappa shape index (κ2) is 4.32. The van der Waals surface area contributed by atoms with Gasteiger partial charge < -0.3 is 4.74 Å². The molecule has 14 heavy (non-hydrogen) atoms. The van der Waals surface area contributed by atoms with Crippen molar-refractivity contribution in [2.75, 3.05) is 0 Å². The third kappa shape index (κ3) is 2.63. The molecule has 0 saturated carbocycles. The minimum atomic E-state index is 0.357. The Kier molecular flexibility index (Phi) is 3.34. The van der Waals surface area contributed by atoms with Gasteiger partial charge in [0, 0.05) is 5.92 Å². The molecule has 0 saturated heterocycles. The van der Waals surface area contributed by atoms with Gasteiger partial charge in [-0.2, -0.15) is 0 Å². The number of aryl methyl sites for hydroxylation is 2. The first-order chi connectivity index (χ1) is 6.50. The summed E-state index contributed by atoms with van der Waals surface area (Å²) < 4.78 is 5.67. The summed E-state index contributed by atoms with van der Waals surface area (Å²) in [7, 11) is 0. The van der Waals surface area contributed by atoms with E-state index in [4.69, 9.17) is 4.74 Å². The summed E-state index contributed by atoms with van der Waals surface area (Å²) in [6.07, 6.45) is 0. The molecule has 0 atom stereocenters. The van der Waals surface area contributed by atoms with E-state index in [1.807, 2.05) is 6.07 Å². The molecule has 0 radical (unpaired) electrons. The molecule has 1 rings (SSSR count). The Labute approximate surface area is 86.4 Å². The molecule has 0 fully saturated rings. The molecule has 0 amide bonds. The summed E-state index contributed by atoms with van der Waals surface area (Å²) in [6, 6.07) is 6.16. The molecule has 0 aliphatic carbocycles. The fraction of sp³-hybridized carbons (Fsp3) is 0.385. The van der Waals surface area contributed by atoms with Crippen LogP contribution in [0.5, 0.6) is 5.75 Å². The molecule has 1 aromatic carbocycles. The van der Waals surface area contributed by atoms with E-state index in [-0.39, 0.29) is 0 Å². The van der Waals surface area contributed by atoms with Crippen molar-refractivity contribution in [2.45, 2.75) is 27.7 Å². The SMILES string of the molecule is C=C(Oc1ccc(C)cc1C)C(C)C. The van der Waals surface area contributed by atoms with Crippen molar-refractivity contribution in [3.8, 4) is 5.75 Å². The van der Waals surface area contributed by atoms with E-state index in [9.17, 15) is 0 Å². The van der Waals surface area contributed by atoms with Gasteiger partial charge in [0.15, 0.2) is 0 Å². The largest absolute Gasteiger partial charge is 0.462 e. The molecular weight excluding hydrogens is 172 g/mol. The molecule has 1 heteroatoms. The first-order valence-electron chi connectivity index (χ1n) is 4.94. The van der Waals surface area contributed by atoms with E-state index >= 15 is 0 Å². The minimum absolute atomic E-state index is 0.357. The molecular formula is C13H18O. The van der Waals surface area contributed by atoms with Gasteiger partial charge in [-0.25, -0.2) is 0 Å². The van der Waals surface area contributed by atoms with Gasteiger partial charge in [-0.15, -0.1) is 0 Å². The van der Waals surface area contributed by atoms with E-state index in [0.717, 1.165) is 17.1 Å². The van der Waals surface area contributed by atoms with Crippen LogP contribution in [-0.2, 0) is 0 Å². The summed E-state index contributed by atoms with van der Waals surface area (Å²) in [5.41, 5.74) is 2.41. The maximum Gasteiger partial charge on any atom is 0.129 e. The average molecular weight is 190 g/mol. The lowest BCUT2D eigenvalue weighted by molar-refractivity contribution is 0.369. The maximum atomic E-state index is 5.67. The molecule has 0 heterocycles. The van der Waals surface area contributed by atoms with E-state index < -0.39 is 0 Å². The highest BCUT2D eigenvalue weighted by molar-refractivity contribution is 5.36. The number of hydrogen-bond donors (Lipinski definition) is 0. The second-order valence-corrected chi connectivity index (χ2v) is 3.99. The van der Waals surface area contributed by atoms with Crippen molar-refractivity contribution in [3.63, 3.8) is 0 Å². The lowest BCUT2D eigenvalue weighted by Crippen LogP contribution is -2.02. The Bertz CT molecular complexity index is 337. The van der Waals surface area contributed by atoms with Crippen LogP contribution >= 0.6 is 0 Å². The normalized spacial score (nSPS) is 10.4. The van der Waals surface area contributed by atoms with E-state index in [0.29, 0.717) is 5.92 Å². The fourth-order valence-electron chi connectivity index (χ4n) is 1.17. The monoisotopic (exact) mass is 190 g/mol. The van der Waals surface area contributed by atoms with Crippen molar-refractivity contribution in [1.82, 2.24) is 0 Å². The smallest absolute Gasteiger partial charge is 0.129 e. The molecule has 0 aliphatic heterocycles. The average Bonchev–Trinajstić information content (AvgIpc) is 2.09. The minimum Gasteiger partial charge on any atom is -0.462 e. The highest BCUT2D eigenvalue weighted by Crippen LogP contribution is 2.22. The van der Waals surface area contributed by atoms with Gasteiger partial charge in [-0.3, -0.25) is 0 Å². The van der Waals surface area contributed by atoms with E-state index in [1.165, 1.54) is 5.56 Å². The molecule has 76 valence electrons. The molecule has 0 aromatic heterocycles. The fourth-order valence-corrected chi connectivity index (χ4v) is 1.17. The standard InChI is InChI=1S/C13H18O/c1-9(2)12(5)14-13-7-6-10(3)8-11(13)4/h6-9H,5H2,1-4H3. The summed E-state index contributed by atoms with van der Waals surface area (Å²) >= 11 is 0. The van der Waals surface area contributed by atoms with Gasteiger partial charge >= 0.3 is 0 Å². The molecule has 0 N–H and O–H groups in total. The predicted molar refractivity (Wildman–Crippen MR) is 60.5 cm³/mol. The molecule has 1 nitrogen and oxygen atoms in total. The van der Waals surface area contributed by atoms with Crippen LogP contribution in [0.4, 0.5) is 0 Å². The topological polar surface area (TPSA) is 9.23 Å². The lowest BCUT2D eigenvalue weighted by atomic mass is 10.1. The highest BCUT2D eigenvalue weighted by Gasteiger charge is 2.05. The van der Waals surface area contributed by atoms with Crippen LogP contribution < -0.4 is 4.74 Å². The van der Waals surface area contributed by atoms with Crippen molar-refractivity contribution in [3.05, 3.63) is 41.7 Å². The maximum absolute atomic E-state index is 5.67. The number of rotatable bonds is 3. The Morgan fingerprint density at radius 3 is 2.43 bits per heavy atom. The summed E-state index contributed by atoms with van der Waals surface area (Å²) in [5.74, 6) is 2.09. The Hall–Kier alpha value is -1.24. The van der Waals surface area contributed by atoms with Gasteiger partial charge in [0.2, 0.25) is 0 Å². The number of ether oxygens (including phenoxy) is 1. The Balaban J connectivity index is 2.82. The van der Waals surface area contributed by atoms with Crippen LogP contribution in [0.15, 0.2) is 30.5 Å². The second-order valence-electron chi connectivity index (χ2n) is 3.99. The molecule has 1 aromatic rings. The lowest BCUT2D eigenvalue weighted by Gasteiger charge is -2.13. The zero-order valence-electron chi connectivity index (χ0n) is 9.42. The Morgan fingerprint density at radius 2 is 1.93 bits per heavy atom. The zero-order valence-corrected chi connectivity index (χ0v) is 9.42. The molecule has 0 bridgehead atoms. The quantitative estimate of drug-likeness (QED) is 0.658. The molecule has 0 spiro atoms. The summed E-state index contributed by atoms with van der Waals surface area (Å²) in [5, 5.41) is 0. The van der Waals surface area contributed by atoms with Crippen molar-refractivity contribution in [2.24, 2.45) is 5.92 Å². The third-order valence-electron chi connectivity index (χ3n) is 2.22. The van der Waals surface area contributed by atoms with Crippen LogP contribution in [0, 0.1) is 19.8 Å². The molecule has 0 unspecified atom stereocenters.